The van der Waals surface area contributed by atoms with Gasteiger partial charge in [0.05, 0.1) is 23.5 Å². The number of hydrogen-bond donors (Lipinski definition) is 1. The van der Waals surface area contributed by atoms with Crippen molar-refractivity contribution in [3.05, 3.63) is 53.2 Å². The van der Waals surface area contributed by atoms with E-state index < -0.39 is 5.91 Å². The van der Waals surface area contributed by atoms with E-state index in [1.165, 1.54) is 23.6 Å². The minimum Gasteiger partial charge on any atom is -0.351 e. The average Bonchev–Trinajstić information content (AvgIpc) is 3.18. The van der Waals surface area contributed by atoms with Crippen molar-refractivity contribution >= 4 is 22.4 Å². The van der Waals surface area contributed by atoms with Gasteiger partial charge in [-0.05, 0) is 12.1 Å². The molecular weight excluding hydrogens is 288 g/mol. The van der Waals surface area contributed by atoms with Gasteiger partial charge in [0, 0.05) is 17.0 Å². The second kappa shape index (κ2) is 5.56. The lowest BCUT2D eigenvalue weighted by Crippen LogP contribution is -2.10. The van der Waals surface area contributed by atoms with Crippen LogP contribution in [0.15, 0.2) is 46.4 Å². The van der Waals surface area contributed by atoms with E-state index in [0.717, 1.165) is 5.56 Å². The molecule has 0 aliphatic carbocycles. The predicted octanol–water partition coefficient (Wildman–Crippen LogP) is 2.92. The van der Waals surface area contributed by atoms with E-state index in [-0.39, 0.29) is 5.76 Å². The fourth-order valence-electron chi connectivity index (χ4n) is 1.70. The van der Waals surface area contributed by atoms with E-state index in [9.17, 15) is 4.79 Å². The van der Waals surface area contributed by atoms with Gasteiger partial charge >= 0.3 is 0 Å². The molecule has 3 aromatic rings. The number of rotatable bonds is 3. The first-order chi connectivity index (χ1) is 10.3. The lowest BCUT2D eigenvalue weighted by molar-refractivity contribution is 0.0988. The van der Waals surface area contributed by atoms with E-state index in [1.807, 2.05) is 11.4 Å². The van der Waals surface area contributed by atoms with Crippen LogP contribution in [0.1, 0.15) is 16.1 Å². The molecule has 102 valence electrons. The molecule has 7 heteroatoms. The number of carbonyl (C=O) groups is 1. The Labute approximate surface area is 123 Å². The van der Waals surface area contributed by atoms with Crippen LogP contribution in [-0.2, 0) is 0 Å². The first-order valence-corrected chi connectivity index (χ1v) is 6.82. The number of carbonyl (C=O) groups excluding carboxylic acids is 1. The van der Waals surface area contributed by atoms with E-state index in [4.69, 9.17) is 9.78 Å². The van der Waals surface area contributed by atoms with E-state index in [0.29, 0.717) is 16.4 Å². The van der Waals surface area contributed by atoms with Crippen LogP contribution >= 0.6 is 11.3 Å². The Morgan fingerprint density at radius 2 is 2.29 bits per heavy atom. The van der Waals surface area contributed by atoms with Gasteiger partial charge in [-0.25, -0.2) is 4.98 Å². The topological polar surface area (TPSA) is 91.8 Å². The van der Waals surface area contributed by atoms with Gasteiger partial charge in [-0.1, -0.05) is 17.3 Å². The van der Waals surface area contributed by atoms with Gasteiger partial charge in [0.25, 0.3) is 5.91 Å². The number of nitrogens with one attached hydrogen (secondary N) is 1. The van der Waals surface area contributed by atoms with Crippen molar-refractivity contribution in [2.45, 2.75) is 0 Å². The molecule has 0 saturated carbocycles. The van der Waals surface area contributed by atoms with Gasteiger partial charge in [0.1, 0.15) is 0 Å². The Morgan fingerprint density at radius 1 is 1.38 bits per heavy atom. The summed E-state index contributed by atoms with van der Waals surface area (Å²) in [5.41, 5.74) is 2.09. The molecule has 6 nitrogen and oxygen atoms in total. The molecule has 0 aliphatic heterocycles. The maximum Gasteiger partial charge on any atom is 0.296 e. The van der Waals surface area contributed by atoms with Gasteiger partial charge in [-0.2, -0.15) is 5.26 Å². The van der Waals surface area contributed by atoms with Crippen LogP contribution in [0.4, 0.5) is 5.13 Å². The van der Waals surface area contributed by atoms with Crippen molar-refractivity contribution in [3.63, 3.8) is 0 Å². The van der Waals surface area contributed by atoms with Crippen LogP contribution in [0.5, 0.6) is 0 Å². The summed E-state index contributed by atoms with van der Waals surface area (Å²) in [5.74, 6) is -0.280. The number of benzene rings is 1. The number of nitrogens with zero attached hydrogens (tertiary/aromatic N) is 3. The number of hydrogen-bond acceptors (Lipinski definition) is 6. The summed E-state index contributed by atoms with van der Waals surface area (Å²) in [6.07, 6.45) is 1.40. The summed E-state index contributed by atoms with van der Waals surface area (Å²) in [5, 5.41) is 17.3. The Balaban J connectivity index is 1.80. The quantitative estimate of drug-likeness (QED) is 0.802. The lowest BCUT2D eigenvalue weighted by Gasteiger charge is -1.98. The highest BCUT2D eigenvalue weighted by atomic mass is 32.1. The minimum atomic E-state index is -0.404. The van der Waals surface area contributed by atoms with Crippen molar-refractivity contribution in [3.8, 4) is 17.3 Å². The third kappa shape index (κ3) is 2.80. The van der Waals surface area contributed by atoms with Crippen molar-refractivity contribution < 1.29 is 9.32 Å². The Bertz CT molecular complexity index is 818. The van der Waals surface area contributed by atoms with Crippen molar-refractivity contribution in [2.24, 2.45) is 0 Å². The molecule has 0 fully saturated rings. The number of aromatic nitrogens is 2. The monoisotopic (exact) mass is 296 g/mol. The molecule has 0 radical (unpaired) electrons. The summed E-state index contributed by atoms with van der Waals surface area (Å²) in [6.45, 7) is 0. The minimum absolute atomic E-state index is 0.123. The lowest BCUT2D eigenvalue weighted by atomic mass is 10.1. The van der Waals surface area contributed by atoms with E-state index in [1.54, 1.807) is 18.2 Å². The van der Waals surface area contributed by atoms with Gasteiger partial charge in [0.15, 0.2) is 5.13 Å². The molecule has 1 amide bonds. The molecule has 2 heterocycles. The zero-order chi connectivity index (χ0) is 14.7. The smallest absolute Gasteiger partial charge is 0.296 e. The fourth-order valence-corrected chi connectivity index (χ4v) is 2.42. The largest absolute Gasteiger partial charge is 0.351 e. The normalized spacial score (nSPS) is 10.0. The van der Waals surface area contributed by atoms with Crippen molar-refractivity contribution in [1.29, 1.82) is 5.26 Å². The maximum atomic E-state index is 11.8. The highest BCUT2D eigenvalue weighted by Gasteiger charge is 2.12. The van der Waals surface area contributed by atoms with Crippen LogP contribution in [0, 0.1) is 11.3 Å². The van der Waals surface area contributed by atoms with Gasteiger partial charge in [-0.3, -0.25) is 10.1 Å². The van der Waals surface area contributed by atoms with Crippen LogP contribution < -0.4 is 5.32 Å². The Kier molecular flexibility index (Phi) is 3.45. The Hall–Kier alpha value is -2.98. The summed E-state index contributed by atoms with van der Waals surface area (Å²) >= 11 is 1.30. The predicted molar refractivity (Wildman–Crippen MR) is 76.7 cm³/mol. The molecule has 1 N–H and O–H groups in total. The zero-order valence-electron chi connectivity index (χ0n) is 10.6. The molecular formula is C14H8N4O2S. The van der Waals surface area contributed by atoms with Crippen LogP contribution in [0.2, 0.25) is 0 Å². The summed E-state index contributed by atoms with van der Waals surface area (Å²) in [7, 11) is 0. The third-order valence-electron chi connectivity index (χ3n) is 2.67. The molecule has 21 heavy (non-hydrogen) atoms. The average molecular weight is 296 g/mol. The van der Waals surface area contributed by atoms with Crippen LogP contribution in [0.3, 0.4) is 0 Å². The highest BCUT2D eigenvalue weighted by molar-refractivity contribution is 7.14. The molecule has 0 aliphatic rings. The summed E-state index contributed by atoms with van der Waals surface area (Å²) in [4.78, 5) is 16.1. The Morgan fingerprint density at radius 3 is 3.05 bits per heavy atom. The van der Waals surface area contributed by atoms with Crippen molar-refractivity contribution in [2.75, 3.05) is 5.32 Å². The molecule has 0 atom stereocenters. The molecule has 0 spiro atoms. The first-order valence-electron chi connectivity index (χ1n) is 5.94. The van der Waals surface area contributed by atoms with Gasteiger partial charge in [0.2, 0.25) is 5.76 Å². The standard InChI is InChI=1S/C14H8N4O2S/c15-7-9-2-1-3-10(6-9)11-8-21-14(17-11)18-13(19)12-4-5-16-20-12/h1-6,8H,(H,17,18,19). The molecule has 1 aromatic carbocycles. The molecule has 0 saturated heterocycles. The van der Waals surface area contributed by atoms with Crippen LogP contribution in [-0.4, -0.2) is 16.0 Å². The third-order valence-corrected chi connectivity index (χ3v) is 3.43. The summed E-state index contributed by atoms with van der Waals surface area (Å²) < 4.78 is 4.77. The number of anilines is 1. The summed E-state index contributed by atoms with van der Waals surface area (Å²) in [6, 6.07) is 10.7. The first kappa shape index (κ1) is 13.0. The van der Waals surface area contributed by atoms with Gasteiger partial charge in [-0.15, -0.1) is 11.3 Å². The maximum absolute atomic E-state index is 11.8. The fraction of sp³-hybridized carbons (Fsp3) is 0. The second-order valence-corrected chi connectivity index (χ2v) is 4.92. The van der Waals surface area contributed by atoms with Gasteiger partial charge < -0.3 is 4.52 Å². The number of thiazole rings is 1. The SMILES string of the molecule is N#Cc1cccc(-c2csc(NC(=O)c3ccno3)n2)c1. The highest BCUT2D eigenvalue weighted by Crippen LogP contribution is 2.25. The van der Waals surface area contributed by atoms with E-state index >= 15 is 0 Å². The number of amides is 1. The van der Waals surface area contributed by atoms with E-state index in [2.05, 4.69) is 21.5 Å². The molecule has 0 unspecified atom stereocenters. The molecule has 0 bridgehead atoms. The zero-order valence-corrected chi connectivity index (χ0v) is 11.4. The second-order valence-electron chi connectivity index (χ2n) is 4.06. The molecule has 2 aromatic heterocycles. The number of nitriles is 1. The van der Waals surface area contributed by atoms with Crippen molar-refractivity contribution in [1.82, 2.24) is 10.1 Å². The molecule has 3 rings (SSSR count). The van der Waals surface area contributed by atoms with Crippen LogP contribution in [0.25, 0.3) is 11.3 Å².